The summed E-state index contributed by atoms with van der Waals surface area (Å²) in [5.74, 6) is 0.911. The van der Waals surface area contributed by atoms with Crippen LogP contribution in [0.15, 0.2) is 54.6 Å². The largest absolute Gasteiger partial charge is 0.479 e. The first-order valence-electron chi connectivity index (χ1n) is 11.8. The highest BCUT2D eigenvalue weighted by atomic mass is 16.5. The molecule has 0 aliphatic carbocycles. The molecule has 1 N–H and O–H groups in total. The summed E-state index contributed by atoms with van der Waals surface area (Å²) in [6.07, 6.45) is 3.48. The van der Waals surface area contributed by atoms with Gasteiger partial charge in [-0.05, 0) is 66.7 Å². The fourth-order valence-corrected chi connectivity index (χ4v) is 5.43. The summed E-state index contributed by atoms with van der Waals surface area (Å²) < 4.78 is 18.1. The van der Waals surface area contributed by atoms with Crippen molar-refractivity contribution in [3.05, 3.63) is 65.7 Å². The van der Waals surface area contributed by atoms with Crippen LogP contribution in [-0.4, -0.2) is 36.0 Å². The normalized spacial score (nSPS) is 26.1. The highest BCUT2D eigenvalue weighted by molar-refractivity contribution is 5.72. The lowest BCUT2D eigenvalue weighted by Crippen LogP contribution is -2.32. The summed E-state index contributed by atoms with van der Waals surface area (Å²) in [5.41, 5.74) is 2.38. The lowest BCUT2D eigenvalue weighted by Gasteiger charge is -2.33. The summed E-state index contributed by atoms with van der Waals surface area (Å²) in [6.45, 7) is 5.46. The van der Waals surface area contributed by atoms with Gasteiger partial charge in [-0.15, -0.1) is 0 Å². The van der Waals surface area contributed by atoms with E-state index in [1.165, 1.54) is 11.1 Å². The van der Waals surface area contributed by atoms with Gasteiger partial charge in [0.25, 0.3) is 0 Å². The molecule has 4 rings (SSSR count). The molecule has 5 nitrogen and oxygen atoms in total. The van der Waals surface area contributed by atoms with Crippen LogP contribution >= 0.6 is 0 Å². The third-order valence-corrected chi connectivity index (χ3v) is 7.08. The minimum absolute atomic E-state index is 0.293. The number of aliphatic carboxylic acids is 1. The second-order valence-corrected chi connectivity index (χ2v) is 9.07. The van der Waals surface area contributed by atoms with Crippen molar-refractivity contribution in [2.75, 3.05) is 6.61 Å². The summed E-state index contributed by atoms with van der Waals surface area (Å²) >= 11 is 0. The zero-order chi connectivity index (χ0) is 22.5. The second kappa shape index (κ2) is 10.5. The lowest BCUT2D eigenvalue weighted by atomic mass is 9.70. The zero-order valence-corrected chi connectivity index (χ0v) is 19.0. The maximum absolute atomic E-state index is 11.4. The molecule has 2 aromatic rings. The van der Waals surface area contributed by atoms with Crippen molar-refractivity contribution in [3.8, 4) is 5.75 Å². The number of carboxylic acid groups (broad SMARTS) is 1. The molecule has 2 aliphatic heterocycles. The van der Waals surface area contributed by atoms with E-state index in [-0.39, 0.29) is 0 Å². The van der Waals surface area contributed by atoms with E-state index in [9.17, 15) is 9.90 Å². The summed E-state index contributed by atoms with van der Waals surface area (Å²) in [7, 11) is 0. The van der Waals surface area contributed by atoms with Crippen LogP contribution in [0, 0.1) is 11.8 Å². The molecule has 2 heterocycles. The molecular formula is C27H34O5. The van der Waals surface area contributed by atoms with Crippen LogP contribution in [0.1, 0.15) is 56.6 Å². The predicted octanol–water partition coefficient (Wildman–Crippen LogP) is 5.43. The molecule has 2 saturated heterocycles. The van der Waals surface area contributed by atoms with Gasteiger partial charge in [-0.25, -0.2) is 4.79 Å². The maximum atomic E-state index is 11.4. The summed E-state index contributed by atoms with van der Waals surface area (Å²) in [6, 6.07) is 18.2. The Labute approximate surface area is 190 Å². The molecule has 5 heteroatoms. The van der Waals surface area contributed by atoms with Gasteiger partial charge in [0, 0.05) is 6.61 Å². The molecule has 0 saturated carbocycles. The number of ether oxygens (including phenoxy) is 3. The molecule has 0 aromatic heterocycles. The van der Waals surface area contributed by atoms with Crippen LogP contribution in [-0.2, 0) is 20.9 Å². The highest BCUT2D eigenvalue weighted by Gasteiger charge is 2.50. The molecule has 2 aliphatic rings. The van der Waals surface area contributed by atoms with Crippen molar-refractivity contribution in [2.24, 2.45) is 11.8 Å². The Kier molecular flexibility index (Phi) is 7.48. The van der Waals surface area contributed by atoms with E-state index < -0.39 is 12.1 Å². The first-order valence-corrected chi connectivity index (χ1v) is 11.8. The smallest absolute Gasteiger partial charge is 0.344 e. The van der Waals surface area contributed by atoms with Crippen molar-refractivity contribution in [1.82, 2.24) is 0 Å². The number of hydrogen-bond acceptors (Lipinski definition) is 4. The zero-order valence-electron chi connectivity index (χ0n) is 19.0. The lowest BCUT2D eigenvalue weighted by molar-refractivity contribution is -0.145. The van der Waals surface area contributed by atoms with Crippen molar-refractivity contribution in [1.29, 1.82) is 0 Å². The highest BCUT2D eigenvalue weighted by Crippen LogP contribution is 2.50. The van der Waals surface area contributed by atoms with Gasteiger partial charge in [0.15, 0.2) is 6.10 Å². The summed E-state index contributed by atoms with van der Waals surface area (Å²) in [4.78, 5) is 11.4. The van der Waals surface area contributed by atoms with Gasteiger partial charge in [-0.2, -0.15) is 0 Å². The van der Waals surface area contributed by atoms with E-state index in [0.717, 1.165) is 25.9 Å². The van der Waals surface area contributed by atoms with Crippen LogP contribution in [0.5, 0.6) is 5.75 Å². The molecule has 2 fully saturated rings. The van der Waals surface area contributed by atoms with Gasteiger partial charge in [0.2, 0.25) is 0 Å². The molecule has 32 heavy (non-hydrogen) atoms. The van der Waals surface area contributed by atoms with Crippen LogP contribution in [0.3, 0.4) is 0 Å². The molecule has 0 amide bonds. The number of hydrogen-bond donors (Lipinski definition) is 1. The van der Waals surface area contributed by atoms with Crippen molar-refractivity contribution < 1.29 is 24.1 Å². The molecule has 6 atom stereocenters. The summed E-state index contributed by atoms with van der Waals surface area (Å²) in [5, 5.41) is 9.31. The van der Waals surface area contributed by atoms with Crippen molar-refractivity contribution >= 4 is 5.97 Å². The minimum atomic E-state index is -0.928. The van der Waals surface area contributed by atoms with Gasteiger partial charge < -0.3 is 19.3 Å². The molecule has 6 unspecified atom stereocenters. The van der Waals surface area contributed by atoms with E-state index in [0.29, 0.717) is 48.7 Å². The fraction of sp³-hybridized carbons (Fsp3) is 0.519. The van der Waals surface area contributed by atoms with E-state index >= 15 is 0 Å². The Balaban J connectivity index is 1.39. The van der Waals surface area contributed by atoms with Crippen LogP contribution in [0.25, 0.3) is 0 Å². The van der Waals surface area contributed by atoms with Gasteiger partial charge in [0.05, 0.1) is 18.8 Å². The Morgan fingerprint density at radius 1 is 1.12 bits per heavy atom. The molecule has 2 bridgehead atoms. The number of benzene rings is 2. The van der Waals surface area contributed by atoms with Crippen molar-refractivity contribution in [3.63, 3.8) is 0 Å². The van der Waals surface area contributed by atoms with Gasteiger partial charge in [-0.3, -0.25) is 0 Å². The Hall–Kier alpha value is -2.37. The first kappa shape index (κ1) is 22.8. The van der Waals surface area contributed by atoms with E-state index in [4.69, 9.17) is 14.2 Å². The molecular weight excluding hydrogens is 404 g/mol. The van der Waals surface area contributed by atoms with Gasteiger partial charge >= 0.3 is 5.97 Å². The Morgan fingerprint density at radius 3 is 2.66 bits per heavy atom. The van der Waals surface area contributed by atoms with Crippen LogP contribution in [0.4, 0.5) is 0 Å². The van der Waals surface area contributed by atoms with Gasteiger partial charge in [-0.1, -0.05) is 56.3 Å². The first-order chi connectivity index (χ1) is 15.6. The number of rotatable bonds is 11. The maximum Gasteiger partial charge on any atom is 0.344 e. The molecule has 0 radical (unpaired) electrons. The topological polar surface area (TPSA) is 65.0 Å². The van der Waals surface area contributed by atoms with Gasteiger partial charge in [0.1, 0.15) is 5.75 Å². The predicted molar refractivity (Wildman–Crippen MR) is 123 cm³/mol. The van der Waals surface area contributed by atoms with Crippen molar-refractivity contribution in [2.45, 2.75) is 70.4 Å². The minimum Gasteiger partial charge on any atom is -0.479 e. The molecule has 2 aromatic carbocycles. The number of carbonyl (C=O) groups is 1. The van der Waals surface area contributed by atoms with E-state index in [1.54, 1.807) is 0 Å². The third kappa shape index (κ3) is 5.16. The van der Waals surface area contributed by atoms with Crippen LogP contribution < -0.4 is 4.74 Å². The SMILES string of the molecule is CCC(Oc1cccc(C(C)C2C3CCC(O3)C2CCOCc2ccccc2)c1)C(=O)O. The van der Waals surface area contributed by atoms with Crippen LogP contribution in [0.2, 0.25) is 0 Å². The Bertz CT molecular complexity index is 883. The third-order valence-electron chi connectivity index (χ3n) is 7.08. The monoisotopic (exact) mass is 438 g/mol. The molecule has 172 valence electrons. The van der Waals surface area contributed by atoms with E-state index in [2.05, 4.69) is 25.1 Å². The number of carboxylic acids is 1. The molecule has 0 spiro atoms. The second-order valence-electron chi connectivity index (χ2n) is 9.07. The fourth-order valence-electron chi connectivity index (χ4n) is 5.43. The average Bonchev–Trinajstić information content (AvgIpc) is 3.42. The standard InChI is InChI=1S/C27H34O5/c1-3-23(27(28)29)31-21-11-7-10-20(16-21)18(2)26-22(24-12-13-25(26)32-24)14-15-30-17-19-8-5-4-6-9-19/h4-11,16,18,22-26H,3,12-15,17H2,1-2H3,(H,28,29). The van der Waals surface area contributed by atoms with E-state index in [1.807, 2.05) is 43.3 Å². The Morgan fingerprint density at radius 2 is 1.91 bits per heavy atom. The quantitative estimate of drug-likeness (QED) is 0.474. The average molecular weight is 439 g/mol. The number of fused-ring (bicyclic) bond motifs is 2.